The molecule has 0 saturated carbocycles. The molecule has 1 aliphatic rings. The Morgan fingerprint density at radius 1 is 1.35 bits per heavy atom. The first-order valence-electron chi connectivity index (χ1n) is 7.12. The molecule has 1 aromatic carbocycles. The van der Waals surface area contributed by atoms with Crippen molar-refractivity contribution in [1.82, 2.24) is 4.90 Å². The predicted molar refractivity (Wildman–Crippen MR) is 84.6 cm³/mol. The molecule has 20 heavy (non-hydrogen) atoms. The Morgan fingerprint density at radius 3 is 2.55 bits per heavy atom. The molecule has 1 heterocycles. The molecule has 1 amide bonds. The molecule has 110 valence electrons. The third-order valence-corrected chi connectivity index (χ3v) is 4.33. The molecule has 0 aromatic heterocycles. The lowest BCUT2D eigenvalue weighted by molar-refractivity contribution is -0.0559. The molecule has 2 rings (SSSR count). The van der Waals surface area contributed by atoms with E-state index in [4.69, 9.17) is 4.74 Å². The van der Waals surface area contributed by atoms with Gasteiger partial charge < -0.3 is 9.64 Å². The molecule has 2 atom stereocenters. The van der Waals surface area contributed by atoms with E-state index in [1.54, 1.807) is 0 Å². The Balaban J connectivity index is 2.10. The first-order valence-corrected chi connectivity index (χ1v) is 8.24. The molecule has 3 nitrogen and oxygen atoms in total. The maximum Gasteiger partial charge on any atom is 0.254 e. The summed E-state index contributed by atoms with van der Waals surface area (Å²) >= 11 is 3.43. The summed E-state index contributed by atoms with van der Waals surface area (Å²) in [4.78, 5) is 14.4. The van der Waals surface area contributed by atoms with Gasteiger partial charge in [-0.05, 0) is 30.5 Å². The molecule has 1 aromatic rings. The van der Waals surface area contributed by atoms with Gasteiger partial charge in [-0.25, -0.2) is 0 Å². The molecule has 0 N–H and O–H groups in total. The highest BCUT2D eigenvalue weighted by Crippen LogP contribution is 2.18. The van der Waals surface area contributed by atoms with Crippen molar-refractivity contribution in [3.63, 3.8) is 0 Å². The van der Waals surface area contributed by atoms with Crippen LogP contribution in [-0.4, -0.2) is 41.4 Å². The van der Waals surface area contributed by atoms with Crippen molar-refractivity contribution in [1.29, 1.82) is 0 Å². The number of carbonyl (C=O) groups excluding carboxylic acids is 1. The maximum absolute atomic E-state index is 12.5. The van der Waals surface area contributed by atoms with Crippen LogP contribution in [0.2, 0.25) is 0 Å². The Kier molecular flexibility index (Phi) is 5.22. The number of carbonyl (C=O) groups is 1. The van der Waals surface area contributed by atoms with E-state index < -0.39 is 0 Å². The lowest BCUT2D eigenvalue weighted by Gasteiger charge is -2.36. The summed E-state index contributed by atoms with van der Waals surface area (Å²) in [7, 11) is 0. The number of morpholine rings is 1. The first kappa shape index (κ1) is 15.5. The topological polar surface area (TPSA) is 29.5 Å². The van der Waals surface area contributed by atoms with Crippen LogP contribution >= 0.6 is 15.9 Å². The van der Waals surface area contributed by atoms with Crippen LogP contribution in [0, 0.1) is 0 Å². The minimum atomic E-state index is 0.0811. The summed E-state index contributed by atoms with van der Waals surface area (Å²) in [5.41, 5.74) is 2.02. The van der Waals surface area contributed by atoms with Crippen molar-refractivity contribution < 1.29 is 9.53 Å². The van der Waals surface area contributed by atoms with E-state index in [1.807, 2.05) is 36.1 Å². The number of ether oxygens (including phenoxy) is 1. The van der Waals surface area contributed by atoms with Gasteiger partial charge in [-0.1, -0.05) is 41.9 Å². The van der Waals surface area contributed by atoms with Crippen molar-refractivity contribution in [2.45, 2.75) is 38.9 Å². The molecule has 2 unspecified atom stereocenters. The summed E-state index contributed by atoms with van der Waals surface area (Å²) in [6, 6.07) is 7.95. The number of hydrogen-bond donors (Lipinski definition) is 0. The molecule has 1 saturated heterocycles. The normalized spacial score (nSPS) is 23.1. The van der Waals surface area contributed by atoms with Crippen molar-refractivity contribution >= 4 is 21.8 Å². The zero-order valence-corrected chi connectivity index (χ0v) is 13.9. The first-order chi connectivity index (χ1) is 9.51. The number of halogens is 1. The summed E-state index contributed by atoms with van der Waals surface area (Å²) in [5.74, 6) is 0.585. The molecular weight excluding hydrogens is 318 g/mol. The average Bonchev–Trinajstić information content (AvgIpc) is 2.45. The van der Waals surface area contributed by atoms with Crippen LogP contribution in [0.5, 0.6) is 0 Å². The fraction of sp³-hybridized carbons (Fsp3) is 0.562. The summed E-state index contributed by atoms with van der Waals surface area (Å²) < 4.78 is 5.76. The smallest absolute Gasteiger partial charge is 0.254 e. The number of alkyl halides is 1. The van der Waals surface area contributed by atoms with Crippen LogP contribution in [0.25, 0.3) is 0 Å². The van der Waals surface area contributed by atoms with Gasteiger partial charge in [0.05, 0.1) is 12.2 Å². The van der Waals surface area contributed by atoms with Crippen LogP contribution in [0.1, 0.15) is 42.6 Å². The summed E-state index contributed by atoms with van der Waals surface area (Å²) in [6.07, 6.45) is 0.169. The van der Waals surface area contributed by atoms with E-state index in [-0.39, 0.29) is 18.1 Å². The largest absolute Gasteiger partial charge is 0.371 e. The fourth-order valence-corrected chi connectivity index (χ4v) is 2.85. The van der Waals surface area contributed by atoms with Crippen LogP contribution in [0.3, 0.4) is 0 Å². The minimum absolute atomic E-state index is 0.0811. The van der Waals surface area contributed by atoms with Crippen molar-refractivity contribution in [3.8, 4) is 0 Å². The molecule has 1 fully saturated rings. The van der Waals surface area contributed by atoms with Crippen molar-refractivity contribution in [2.24, 2.45) is 0 Å². The third kappa shape index (κ3) is 3.61. The molecule has 4 heteroatoms. The molecule has 0 spiro atoms. The minimum Gasteiger partial charge on any atom is -0.371 e. The van der Waals surface area contributed by atoms with Crippen LogP contribution < -0.4 is 0 Å². The van der Waals surface area contributed by atoms with Gasteiger partial charge in [0.2, 0.25) is 0 Å². The van der Waals surface area contributed by atoms with Gasteiger partial charge >= 0.3 is 0 Å². The van der Waals surface area contributed by atoms with Gasteiger partial charge in [0.1, 0.15) is 0 Å². The Bertz CT molecular complexity index is 458. The molecule has 0 bridgehead atoms. The highest BCUT2D eigenvalue weighted by Gasteiger charge is 2.28. The van der Waals surface area contributed by atoms with E-state index in [2.05, 4.69) is 29.8 Å². The summed E-state index contributed by atoms with van der Waals surface area (Å²) in [6.45, 7) is 7.63. The molecule has 0 aliphatic carbocycles. The molecule has 1 aliphatic heterocycles. The van der Waals surface area contributed by atoms with E-state index in [1.165, 1.54) is 5.56 Å². The number of rotatable bonds is 3. The third-order valence-electron chi connectivity index (χ3n) is 3.61. The monoisotopic (exact) mass is 339 g/mol. The van der Waals surface area contributed by atoms with Gasteiger partial charge in [-0.3, -0.25) is 4.79 Å². The second kappa shape index (κ2) is 6.72. The quantitative estimate of drug-likeness (QED) is 0.789. The van der Waals surface area contributed by atoms with E-state index >= 15 is 0 Å². The number of hydrogen-bond acceptors (Lipinski definition) is 2. The Morgan fingerprint density at radius 2 is 2.00 bits per heavy atom. The lowest BCUT2D eigenvalue weighted by Crippen LogP contribution is -2.49. The van der Waals surface area contributed by atoms with E-state index in [0.29, 0.717) is 19.0 Å². The maximum atomic E-state index is 12.5. The lowest BCUT2D eigenvalue weighted by atomic mass is 10.0. The second-order valence-corrected chi connectivity index (χ2v) is 6.36. The standard InChI is InChI=1S/C16H22BrNO2/c1-11(2)13-4-6-14(7-5-13)16(19)18-9-12(3)20-15(8-17)10-18/h4-7,11-12,15H,8-10H2,1-3H3. The SMILES string of the molecule is CC1CN(C(=O)c2ccc(C(C)C)cc2)CC(CBr)O1. The van der Waals surface area contributed by atoms with Gasteiger partial charge in [0, 0.05) is 24.0 Å². The summed E-state index contributed by atoms with van der Waals surface area (Å²) in [5, 5.41) is 0.757. The van der Waals surface area contributed by atoms with Gasteiger partial charge in [0.25, 0.3) is 5.91 Å². The van der Waals surface area contributed by atoms with Crippen LogP contribution in [0.15, 0.2) is 24.3 Å². The zero-order chi connectivity index (χ0) is 14.7. The average molecular weight is 340 g/mol. The van der Waals surface area contributed by atoms with Crippen LogP contribution in [0.4, 0.5) is 0 Å². The highest BCUT2D eigenvalue weighted by molar-refractivity contribution is 9.09. The van der Waals surface area contributed by atoms with Gasteiger partial charge in [-0.15, -0.1) is 0 Å². The van der Waals surface area contributed by atoms with E-state index in [9.17, 15) is 4.79 Å². The highest BCUT2D eigenvalue weighted by atomic mass is 79.9. The Hall–Kier alpha value is -0.870. The van der Waals surface area contributed by atoms with Crippen molar-refractivity contribution in [3.05, 3.63) is 35.4 Å². The predicted octanol–water partition coefficient (Wildman–Crippen LogP) is 3.43. The number of benzene rings is 1. The van der Waals surface area contributed by atoms with Gasteiger partial charge in [0.15, 0.2) is 0 Å². The number of amides is 1. The Labute approximate surface area is 129 Å². The number of nitrogens with zero attached hydrogens (tertiary/aromatic N) is 1. The second-order valence-electron chi connectivity index (χ2n) is 5.71. The van der Waals surface area contributed by atoms with E-state index in [0.717, 1.165) is 10.9 Å². The van der Waals surface area contributed by atoms with Gasteiger partial charge in [-0.2, -0.15) is 0 Å². The molecule has 0 radical (unpaired) electrons. The fourth-order valence-electron chi connectivity index (χ4n) is 2.49. The molecular formula is C16H22BrNO2. The van der Waals surface area contributed by atoms with Crippen LogP contribution in [-0.2, 0) is 4.74 Å². The van der Waals surface area contributed by atoms with Crippen molar-refractivity contribution in [2.75, 3.05) is 18.4 Å². The zero-order valence-electron chi connectivity index (χ0n) is 12.3.